The Hall–Kier alpha value is -1.24. The lowest BCUT2D eigenvalue weighted by atomic mass is 10.2. The summed E-state index contributed by atoms with van der Waals surface area (Å²) in [5.41, 5.74) is 3.06. The van der Waals surface area contributed by atoms with Crippen molar-refractivity contribution in [2.75, 3.05) is 11.9 Å². The molecule has 0 aliphatic rings. The molecule has 2 heterocycles. The fraction of sp³-hybridized carbons (Fsp3) is 0.400. The summed E-state index contributed by atoms with van der Waals surface area (Å²) >= 11 is 2.32. The molecule has 0 atom stereocenters. The first kappa shape index (κ1) is 15.2. The Morgan fingerprint density at radius 2 is 2.05 bits per heavy atom. The van der Waals surface area contributed by atoms with E-state index >= 15 is 0 Å². The van der Waals surface area contributed by atoms with E-state index in [1.807, 2.05) is 12.1 Å². The molecule has 5 heteroatoms. The fourth-order valence-corrected chi connectivity index (χ4v) is 2.67. The third-order valence-electron chi connectivity index (χ3n) is 2.94. The summed E-state index contributed by atoms with van der Waals surface area (Å²) in [6.07, 6.45) is 3.76. The Kier molecular flexibility index (Phi) is 5.28. The van der Waals surface area contributed by atoms with E-state index in [0.29, 0.717) is 5.82 Å². The number of anilines is 1. The monoisotopic (exact) mass is 382 g/mol. The van der Waals surface area contributed by atoms with E-state index in [1.54, 1.807) is 6.20 Å². The van der Waals surface area contributed by atoms with Crippen molar-refractivity contribution in [3.8, 4) is 11.5 Å². The van der Waals surface area contributed by atoms with E-state index in [1.165, 1.54) is 5.56 Å². The highest BCUT2D eigenvalue weighted by Crippen LogP contribution is 2.23. The Morgan fingerprint density at radius 1 is 1.25 bits per heavy atom. The van der Waals surface area contributed by atoms with Crippen molar-refractivity contribution in [2.45, 2.75) is 33.6 Å². The van der Waals surface area contributed by atoms with Crippen LogP contribution < -0.4 is 5.32 Å². The number of rotatable bonds is 5. The summed E-state index contributed by atoms with van der Waals surface area (Å²) in [5, 5.41) is 3.38. The molecule has 0 saturated heterocycles. The van der Waals surface area contributed by atoms with E-state index < -0.39 is 0 Å². The smallest absolute Gasteiger partial charge is 0.180 e. The van der Waals surface area contributed by atoms with E-state index in [-0.39, 0.29) is 0 Å². The highest BCUT2D eigenvalue weighted by Gasteiger charge is 2.12. The molecule has 0 fully saturated rings. The molecule has 0 radical (unpaired) electrons. The number of halogens is 1. The molecular formula is C15H19IN4. The lowest BCUT2D eigenvalue weighted by molar-refractivity contribution is 0.940. The minimum absolute atomic E-state index is 0.699. The summed E-state index contributed by atoms with van der Waals surface area (Å²) in [4.78, 5) is 13.7. The minimum atomic E-state index is 0.699. The van der Waals surface area contributed by atoms with E-state index in [0.717, 1.165) is 40.2 Å². The molecule has 0 aliphatic heterocycles. The first-order valence-corrected chi connectivity index (χ1v) is 7.96. The molecule has 20 heavy (non-hydrogen) atoms. The van der Waals surface area contributed by atoms with Crippen LogP contribution in [0.5, 0.6) is 0 Å². The maximum Gasteiger partial charge on any atom is 0.180 e. The second-order valence-electron chi connectivity index (χ2n) is 4.66. The number of aromatic nitrogens is 3. The number of hydrogen-bond donors (Lipinski definition) is 1. The summed E-state index contributed by atoms with van der Waals surface area (Å²) in [6.45, 7) is 7.22. The van der Waals surface area contributed by atoms with Crippen molar-refractivity contribution in [3.63, 3.8) is 0 Å². The van der Waals surface area contributed by atoms with Crippen LogP contribution in [0.3, 0.4) is 0 Å². The van der Waals surface area contributed by atoms with Crippen LogP contribution in [-0.4, -0.2) is 21.5 Å². The second-order valence-corrected chi connectivity index (χ2v) is 5.73. The Morgan fingerprint density at radius 3 is 2.70 bits per heavy atom. The van der Waals surface area contributed by atoms with Crippen LogP contribution in [0.2, 0.25) is 0 Å². The van der Waals surface area contributed by atoms with E-state index in [9.17, 15) is 0 Å². The molecule has 0 unspecified atom stereocenters. The molecule has 0 aromatic carbocycles. The highest BCUT2D eigenvalue weighted by molar-refractivity contribution is 14.1. The zero-order valence-electron chi connectivity index (χ0n) is 12.1. The van der Waals surface area contributed by atoms with Gasteiger partial charge in [-0.1, -0.05) is 13.8 Å². The lowest BCUT2D eigenvalue weighted by Gasteiger charge is -2.11. The van der Waals surface area contributed by atoms with Gasteiger partial charge in [-0.3, -0.25) is 4.98 Å². The van der Waals surface area contributed by atoms with Gasteiger partial charge >= 0.3 is 0 Å². The van der Waals surface area contributed by atoms with Crippen molar-refractivity contribution in [3.05, 3.63) is 33.2 Å². The van der Waals surface area contributed by atoms with Gasteiger partial charge in [-0.05, 0) is 60.1 Å². The molecule has 106 valence electrons. The average molecular weight is 382 g/mol. The molecule has 2 rings (SSSR count). The maximum absolute atomic E-state index is 4.65. The average Bonchev–Trinajstić information content (AvgIpc) is 2.46. The molecule has 2 aromatic heterocycles. The first-order valence-electron chi connectivity index (χ1n) is 6.89. The van der Waals surface area contributed by atoms with Crippen LogP contribution in [0.25, 0.3) is 11.5 Å². The largest absolute Gasteiger partial charge is 0.369 e. The molecule has 0 spiro atoms. The predicted molar refractivity (Wildman–Crippen MR) is 90.9 cm³/mol. The van der Waals surface area contributed by atoms with Gasteiger partial charge in [-0.25, -0.2) is 9.97 Å². The Bertz CT molecular complexity index is 598. The lowest BCUT2D eigenvalue weighted by Crippen LogP contribution is -2.09. The highest BCUT2D eigenvalue weighted by atomic mass is 127. The number of hydrogen-bond acceptors (Lipinski definition) is 4. The van der Waals surface area contributed by atoms with Crippen molar-refractivity contribution in [1.82, 2.24) is 15.0 Å². The van der Waals surface area contributed by atoms with Gasteiger partial charge in [-0.2, -0.15) is 0 Å². The second kappa shape index (κ2) is 6.97. The molecular weight excluding hydrogens is 363 g/mol. The van der Waals surface area contributed by atoms with Gasteiger partial charge in [0.05, 0.1) is 9.26 Å². The van der Waals surface area contributed by atoms with Gasteiger partial charge in [-0.15, -0.1) is 0 Å². The quantitative estimate of drug-likeness (QED) is 0.799. The summed E-state index contributed by atoms with van der Waals surface area (Å²) in [5.74, 6) is 1.61. The predicted octanol–water partition coefficient (Wildman–Crippen LogP) is 3.84. The molecule has 0 amide bonds. The van der Waals surface area contributed by atoms with Gasteiger partial charge in [0.25, 0.3) is 0 Å². The third kappa shape index (κ3) is 3.45. The summed E-state index contributed by atoms with van der Waals surface area (Å²) < 4.78 is 1.11. The maximum atomic E-state index is 4.65. The van der Waals surface area contributed by atoms with E-state index in [2.05, 4.69) is 63.6 Å². The van der Waals surface area contributed by atoms with Crippen LogP contribution in [0.4, 0.5) is 5.82 Å². The van der Waals surface area contributed by atoms with Crippen LogP contribution in [0.15, 0.2) is 18.3 Å². The topological polar surface area (TPSA) is 50.7 Å². The minimum Gasteiger partial charge on any atom is -0.369 e. The van der Waals surface area contributed by atoms with Crippen LogP contribution in [0.1, 0.15) is 31.5 Å². The number of nitrogens with zero attached hydrogens (tertiary/aromatic N) is 3. The number of aryl methyl sites for hydroxylation is 2. The van der Waals surface area contributed by atoms with Crippen molar-refractivity contribution >= 4 is 28.4 Å². The SMILES string of the molecule is CCCNc1nc(-c2cc(C)ccn2)nc(CC)c1I. The molecule has 2 aromatic rings. The first-order chi connectivity index (χ1) is 9.65. The van der Waals surface area contributed by atoms with Gasteiger partial charge in [0.15, 0.2) is 5.82 Å². The van der Waals surface area contributed by atoms with Gasteiger partial charge in [0.2, 0.25) is 0 Å². The zero-order valence-corrected chi connectivity index (χ0v) is 14.2. The molecule has 0 aliphatic carbocycles. The van der Waals surface area contributed by atoms with Crippen LogP contribution in [0, 0.1) is 10.5 Å². The summed E-state index contributed by atoms with van der Waals surface area (Å²) in [7, 11) is 0. The molecule has 0 saturated carbocycles. The Balaban J connectivity index is 2.48. The van der Waals surface area contributed by atoms with Crippen molar-refractivity contribution in [2.24, 2.45) is 0 Å². The van der Waals surface area contributed by atoms with Gasteiger partial charge < -0.3 is 5.32 Å². The third-order valence-corrected chi connectivity index (χ3v) is 4.08. The van der Waals surface area contributed by atoms with E-state index in [4.69, 9.17) is 0 Å². The van der Waals surface area contributed by atoms with Crippen molar-refractivity contribution < 1.29 is 0 Å². The van der Waals surface area contributed by atoms with Gasteiger partial charge in [0.1, 0.15) is 11.5 Å². The van der Waals surface area contributed by atoms with Gasteiger partial charge in [0, 0.05) is 12.7 Å². The Labute approximate surface area is 133 Å². The standard InChI is InChI=1S/C15H19IN4/c1-4-7-18-15-13(16)11(5-2)19-14(20-15)12-9-10(3)6-8-17-12/h6,8-9H,4-5,7H2,1-3H3,(H,18,19,20). The van der Waals surface area contributed by atoms with Crippen LogP contribution in [-0.2, 0) is 6.42 Å². The molecule has 0 bridgehead atoms. The molecule has 4 nitrogen and oxygen atoms in total. The zero-order chi connectivity index (χ0) is 14.5. The normalized spacial score (nSPS) is 10.6. The number of nitrogens with one attached hydrogen (secondary N) is 1. The fourth-order valence-electron chi connectivity index (χ4n) is 1.86. The van der Waals surface area contributed by atoms with Crippen LogP contribution >= 0.6 is 22.6 Å². The number of pyridine rings is 1. The summed E-state index contributed by atoms with van der Waals surface area (Å²) in [6, 6.07) is 4.00. The molecule has 1 N–H and O–H groups in total. The van der Waals surface area contributed by atoms with Crippen molar-refractivity contribution in [1.29, 1.82) is 0 Å².